The van der Waals surface area contributed by atoms with Crippen molar-refractivity contribution in [2.75, 3.05) is 6.61 Å². The molecular formula is C13H18F3NOS. The van der Waals surface area contributed by atoms with Gasteiger partial charge in [0.2, 0.25) is 0 Å². The van der Waals surface area contributed by atoms with E-state index in [0.29, 0.717) is 6.04 Å². The van der Waals surface area contributed by atoms with Gasteiger partial charge in [0, 0.05) is 22.3 Å². The maximum Gasteiger partial charge on any atom is 0.391 e. The Balaban J connectivity index is 1.73. The number of halogens is 3. The summed E-state index contributed by atoms with van der Waals surface area (Å²) in [7, 11) is 0. The molecular weight excluding hydrogens is 275 g/mol. The highest BCUT2D eigenvalue weighted by Gasteiger charge is 2.26. The zero-order chi connectivity index (χ0) is 13.9. The number of ether oxygens (including phenoxy) is 1. The lowest BCUT2D eigenvalue weighted by molar-refractivity contribution is -0.146. The molecule has 6 heteroatoms. The topological polar surface area (TPSA) is 21.3 Å². The maximum atomic E-state index is 12.0. The van der Waals surface area contributed by atoms with E-state index in [4.69, 9.17) is 4.74 Å². The Morgan fingerprint density at radius 1 is 1.42 bits per heavy atom. The van der Waals surface area contributed by atoms with Crippen LogP contribution in [-0.4, -0.2) is 18.8 Å². The van der Waals surface area contributed by atoms with Crippen LogP contribution in [0.25, 0.3) is 0 Å². The average Bonchev–Trinajstić information content (AvgIpc) is 3.06. The van der Waals surface area contributed by atoms with Crippen molar-refractivity contribution in [3.05, 3.63) is 21.4 Å². The summed E-state index contributed by atoms with van der Waals surface area (Å²) >= 11 is 1.68. The summed E-state index contributed by atoms with van der Waals surface area (Å²) in [5.41, 5.74) is 1.000. The number of aryl methyl sites for hydroxylation is 1. The van der Waals surface area contributed by atoms with Crippen LogP contribution in [0.2, 0.25) is 0 Å². The molecule has 0 unspecified atom stereocenters. The van der Waals surface area contributed by atoms with Gasteiger partial charge in [-0.2, -0.15) is 13.2 Å². The van der Waals surface area contributed by atoms with Crippen molar-refractivity contribution in [1.29, 1.82) is 0 Å². The second kappa shape index (κ2) is 6.24. The fourth-order valence-corrected chi connectivity index (χ4v) is 2.72. The molecule has 1 fully saturated rings. The van der Waals surface area contributed by atoms with Gasteiger partial charge in [-0.1, -0.05) is 0 Å². The van der Waals surface area contributed by atoms with E-state index in [-0.39, 0.29) is 13.2 Å². The molecule has 1 aliphatic rings. The van der Waals surface area contributed by atoms with Crippen molar-refractivity contribution in [2.45, 2.75) is 51.6 Å². The van der Waals surface area contributed by atoms with Crippen molar-refractivity contribution in [3.8, 4) is 0 Å². The van der Waals surface area contributed by atoms with E-state index in [1.165, 1.54) is 17.7 Å². The van der Waals surface area contributed by atoms with E-state index >= 15 is 0 Å². The molecule has 0 atom stereocenters. The van der Waals surface area contributed by atoms with E-state index in [9.17, 15) is 13.2 Å². The number of hydrogen-bond acceptors (Lipinski definition) is 3. The largest absolute Gasteiger partial charge is 0.391 e. The lowest BCUT2D eigenvalue weighted by Gasteiger charge is -2.06. The van der Waals surface area contributed by atoms with Crippen LogP contribution in [0.1, 0.15) is 34.6 Å². The lowest BCUT2D eigenvalue weighted by atomic mass is 10.2. The fourth-order valence-electron chi connectivity index (χ4n) is 1.72. The van der Waals surface area contributed by atoms with E-state index in [1.807, 2.05) is 13.0 Å². The Morgan fingerprint density at radius 2 is 2.16 bits per heavy atom. The first-order valence-corrected chi connectivity index (χ1v) is 7.22. The van der Waals surface area contributed by atoms with Crippen molar-refractivity contribution >= 4 is 11.3 Å². The molecule has 0 bridgehead atoms. The standard InChI is InChI=1S/C13H18F3NOS/c1-9-10(8-18-5-4-13(14,15)16)6-12(19-9)7-17-11-2-3-11/h6,11,17H,2-5,7-8H2,1H3. The normalized spacial score (nSPS) is 16.0. The molecule has 2 nitrogen and oxygen atoms in total. The summed E-state index contributed by atoms with van der Waals surface area (Å²) in [5.74, 6) is 0. The van der Waals surface area contributed by atoms with Gasteiger partial charge in [0.1, 0.15) is 0 Å². The molecule has 1 heterocycles. The average molecular weight is 293 g/mol. The highest BCUT2D eigenvalue weighted by molar-refractivity contribution is 7.12. The first-order valence-electron chi connectivity index (χ1n) is 6.40. The molecule has 1 saturated carbocycles. The Morgan fingerprint density at radius 3 is 2.79 bits per heavy atom. The summed E-state index contributed by atoms with van der Waals surface area (Å²) in [6.07, 6.45) is -2.52. The van der Waals surface area contributed by atoms with E-state index in [1.54, 1.807) is 11.3 Å². The summed E-state index contributed by atoms with van der Waals surface area (Å²) in [6.45, 7) is 2.82. The van der Waals surface area contributed by atoms with Crippen LogP contribution in [0.5, 0.6) is 0 Å². The van der Waals surface area contributed by atoms with Crippen LogP contribution < -0.4 is 5.32 Å². The molecule has 1 aromatic rings. The molecule has 1 aliphatic carbocycles. The molecule has 1 aromatic heterocycles. The van der Waals surface area contributed by atoms with Gasteiger partial charge in [0.15, 0.2) is 0 Å². The van der Waals surface area contributed by atoms with Crippen LogP contribution in [0.15, 0.2) is 6.07 Å². The number of alkyl halides is 3. The monoisotopic (exact) mass is 293 g/mol. The third-order valence-corrected chi connectivity index (χ3v) is 4.09. The van der Waals surface area contributed by atoms with E-state index in [2.05, 4.69) is 5.32 Å². The first-order chi connectivity index (χ1) is 8.94. The summed E-state index contributed by atoms with van der Waals surface area (Å²) < 4.78 is 41.0. The number of hydrogen-bond donors (Lipinski definition) is 1. The van der Waals surface area contributed by atoms with Crippen molar-refractivity contribution in [3.63, 3.8) is 0 Å². The molecule has 0 radical (unpaired) electrons. The molecule has 1 N–H and O–H groups in total. The molecule has 0 aromatic carbocycles. The van der Waals surface area contributed by atoms with Crippen LogP contribution in [0.4, 0.5) is 13.2 Å². The molecule has 19 heavy (non-hydrogen) atoms. The minimum absolute atomic E-state index is 0.266. The van der Waals surface area contributed by atoms with Gasteiger partial charge < -0.3 is 10.1 Å². The molecule has 2 rings (SSSR count). The minimum Gasteiger partial charge on any atom is -0.376 e. The van der Waals surface area contributed by atoms with Gasteiger partial charge in [-0.3, -0.25) is 0 Å². The molecule has 0 aliphatic heterocycles. The predicted octanol–water partition coefficient (Wildman–Crippen LogP) is 3.78. The Kier molecular flexibility index (Phi) is 4.86. The summed E-state index contributed by atoms with van der Waals surface area (Å²) in [4.78, 5) is 2.35. The van der Waals surface area contributed by atoms with Crippen molar-refractivity contribution in [1.82, 2.24) is 5.32 Å². The van der Waals surface area contributed by atoms with Crippen LogP contribution in [0, 0.1) is 6.92 Å². The van der Waals surface area contributed by atoms with Crippen molar-refractivity contribution in [2.24, 2.45) is 0 Å². The zero-order valence-corrected chi connectivity index (χ0v) is 11.7. The second-order valence-electron chi connectivity index (χ2n) is 4.87. The van der Waals surface area contributed by atoms with Gasteiger partial charge >= 0.3 is 6.18 Å². The van der Waals surface area contributed by atoms with Crippen molar-refractivity contribution < 1.29 is 17.9 Å². The number of thiophene rings is 1. The molecule has 0 amide bonds. The van der Waals surface area contributed by atoms with Crippen LogP contribution in [-0.2, 0) is 17.9 Å². The Hall–Kier alpha value is -0.590. The number of nitrogens with one attached hydrogen (secondary N) is 1. The van der Waals surface area contributed by atoms with E-state index in [0.717, 1.165) is 17.0 Å². The smallest absolute Gasteiger partial charge is 0.376 e. The van der Waals surface area contributed by atoms with Crippen LogP contribution in [0.3, 0.4) is 0 Å². The third-order valence-electron chi connectivity index (χ3n) is 3.00. The van der Waals surface area contributed by atoms with Gasteiger partial charge in [-0.25, -0.2) is 0 Å². The summed E-state index contributed by atoms with van der Waals surface area (Å²) in [5, 5.41) is 3.42. The van der Waals surface area contributed by atoms with Gasteiger partial charge in [-0.15, -0.1) is 11.3 Å². The highest BCUT2D eigenvalue weighted by Crippen LogP contribution is 2.25. The summed E-state index contributed by atoms with van der Waals surface area (Å²) in [6, 6.07) is 2.69. The second-order valence-corrected chi connectivity index (χ2v) is 6.21. The first kappa shape index (κ1) is 14.8. The zero-order valence-electron chi connectivity index (χ0n) is 10.8. The van der Waals surface area contributed by atoms with Crippen LogP contribution >= 0.6 is 11.3 Å². The molecule has 0 saturated heterocycles. The van der Waals surface area contributed by atoms with Gasteiger partial charge in [0.25, 0.3) is 0 Å². The van der Waals surface area contributed by atoms with Gasteiger partial charge in [0.05, 0.1) is 19.6 Å². The third kappa shape index (κ3) is 5.50. The van der Waals surface area contributed by atoms with Gasteiger partial charge in [-0.05, 0) is 31.4 Å². The highest BCUT2D eigenvalue weighted by atomic mass is 32.1. The molecule has 0 spiro atoms. The fraction of sp³-hybridized carbons (Fsp3) is 0.692. The molecule has 108 valence electrons. The lowest BCUT2D eigenvalue weighted by Crippen LogP contribution is -2.14. The maximum absolute atomic E-state index is 12.0. The quantitative estimate of drug-likeness (QED) is 0.773. The predicted molar refractivity (Wildman–Crippen MR) is 69.2 cm³/mol. The Labute approximate surface area is 115 Å². The SMILES string of the molecule is Cc1sc(CNC2CC2)cc1COCCC(F)(F)F. The van der Waals surface area contributed by atoms with E-state index < -0.39 is 12.6 Å². The minimum atomic E-state index is -4.14. The number of rotatable bonds is 7. The Bertz CT molecular complexity index is 413.